The van der Waals surface area contributed by atoms with E-state index in [-0.39, 0.29) is 16.8 Å². The molecule has 2 amide bonds. The van der Waals surface area contributed by atoms with Gasteiger partial charge in [0.1, 0.15) is 16.3 Å². The van der Waals surface area contributed by atoms with Crippen LogP contribution in [-0.4, -0.2) is 29.6 Å². The molecule has 24 heavy (non-hydrogen) atoms. The summed E-state index contributed by atoms with van der Waals surface area (Å²) in [7, 11) is 0. The van der Waals surface area contributed by atoms with Crippen molar-refractivity contribution in [1.29, 1.82) is 0 Å². The normalized spacial score (nSPS) is 17.0. The minimum absolute atomic E-state index is 0.148. The summed E-state index contributed by atoms with van der Waals surface area (Å²) < 4.78 is 19.8. The van der Waals surface area contributed by atoms with E-state index in [4.69, 9.17) is 16.3 Å². The molecule has 0 radical (unpaired) electrons. The van der Waals surface area contributed by atoms with Gasteiger partial charge >= 0.3 is 6.09 Å². The average molecular weight is 370 g/mol. The zero-order valence-electron chi connectivity index (χ0n) is 12.6. The summed E-state index contributed by atoms with van der Waals surface area (Å²) in [4.78, 5) is 29.1. The minimum atomic E-state index is -0.736. The quantitative estimate of drug-likeness (QED) is 0.886. The summed E-state index contributed by atoms with van der Waals surface area (Å²) in [6.45, 7) is 2.26. The van der Waals surface area contributed by atoms with Gasteiger partial charge in [0.25, 0.3) is 5.91 Å². The molecule has 1 unspecified atom stereocenters. The van der Waals surface area contributed by atoms with Crippen molar-refractivity contribution in [3.05, 3.63) is 40.1 Å². The molecule has 1 aliphatic rings. The fraction of sp³-hybridized carbons (Fsp3) is 0.267. The number of ether oxygens (including phenoxy) is 1. The number of anilines is 2. The molecule has 1 fully saturated rings. The molecule has 1 aromatic carbocycles. The summed E-state index contributed by atoms with van der Waals surface area (Å²) in [5.74, 6) is -1.37. The number of amides is 2. The predicted molar refractivity (Wildman–Crippen MR) is 89.4 cm³/mol. The van der Waals surface area contributed by atoms with E-state index in [0.717, 1.165) is 17.4 Å². The molecule has 0 aliphatic carbocycles. The first-order valence-corrected chi connectivity index (χ1v) is 8.37. The lowest BCUT2D eigenvalue weighted by molar-refractivity contribution is 0.102. The predicted octanol–water partition coefficient (Wildman–Crippen LogP) is 3.92. The van der Waals surface area contributed by atoms with Crippen molar-refractivity contribution in [2.24, 2.45) is 0 Å². The standard InChI is InChI=1S/C15H13ClFN3O3S/c1-2-9-7-20(15(22)23-9)8-3-4-10(11(17)5-8)13(21)19-14-18-6-12(16)24-14/h3-6,9H,2,7H2,1H3,(H,18,19,21). The van der Waals surface area contributed by atoms with E-state index in [0.29, 0.717) is 23.0 Å². The molecule has 0 bridgehead atoms. The summed E-state index contributed by atoms with van der Waals surface area (Å²) in [6, 6.07) is 3.97. The highest BCUT2D eigenvalue weighted by Gasteiger charge is 2.31. The minimum Gasteiger partial charge on any atom is -0.444 e. The van der Waals surface area contributed by atoms with E-state index in [9.17, 15) is 14.0 Å². The lowest BCUT2D eigenvalue weighted by Gasteiger charge is -2.14. The molecule has 1 N–H and O–H groups in total. The number of nitrogens with zero attached hydrogens (tertiary/aromatic N) is 2. The number of hydrogen-bond donors (Lipinski definition) is 1. The number of rotatable bonds is 4. The Balaban J connectivity index is 1.77. The largest absolute Gasteiger partial charge is 0.444 e. The number of halogens is 2. The van der Waals surface area contributed by atoms with Crippen LogP contribution in [0.3, 0.4) is 0 Å². The third-order valence-corrected chi connectivity index (χ3v) is 4.57. The number of carbonyl (C=O) groups excluding carboxylic acids is 2. The van der Waals surface area contributed by atoms with Crippen molar-refractivity contribution in [3.63, 3.8) is 0 Å². The third-order valence-electron chi connectivity index (χ3n) is 3.54. The lowest BCUT2D eigenvalue weighted by Crippen LogP contribution is -2.25. The zero-order chi connectivity index (χ0) is 17.3. The van der Waals surface area contributed by atoms with Crippen LogP contribution >= 0.6 is 22.9 Å². The van der Waals surface area contributed by atoms with Crippen molar-refractivity contribution in [3.8, 4) is 0 Å². The van der Waals surface area contributed by atoms with Gasteiger partial charge in [-0.25, -0.2) is 14.2 Å². The fourth-order valence-corrected chi connectivity index (χ4v) is 3.08. The maximum atomic E-state index is 14.3. The SMILES string of the molecule is CCC1CN(c2ccc(C(=O)Nc3ncc(Cl)s3)c(F)c2)C(=O)O1. The van der Waals surface area contributed by atoms with Crippen molar-refractivity contribution < 1.29 is 18.7 Å². The molecule has 1 aliphatic heterocycles. The van der Waals surface area contributed by atoms with Crippen molar-refractivity contribution in [2.75, 3.05) is 16.8 Å². The van der Waals surface area contributed by atoms with Crippen molar-refractivity contribution >= 4 is 45.8 Å². The number of thiazole rings is 1. The van der Waals surface area contributed by atoms with Gasteiger partial charge in [-0.15, -0.1) is 0 Å². The van der Waals surface area contributed by atoms with Gasteiger partial charge in [0, 0.05) is 0 Å². The molecule has 1 atom stereocenters. The molecule has 0 spiro atoms. The van der Waals surface area contributed by atoms with E-state index in [2.05, 4.69) is 10.3 Å². The van der Waals surface area contributed by atoms with Crippen LogP contribution in [-0.2, 0) is 4.74 Å². The van der Waals surface area contributed by atoms with Crippen LogP contribution in [0.15, 0.2) is 24.4 Å². The highest BCUT2D eigenvalue weighted by atomic mass is 35.5. The van der Waals surface area contributed by atoms with Gasteiger partial charge in [-0.2, -0.15) is 0 Å². The highest BCUT2D eigenvalue weighted by molar-refractivity contribution is 7.19. The van der Waals surface area contributed by atoms with Gasteiger partial charge in [0.15, 0.2) is 5.13 Å². The molecular weight excluding hydrogens is 357 g/mol. The van der Waals surface area contributed by atoms with E-state index in [1.165, 1.54) is 23.2 Å². The number of nitrogens with one attached hydrogen (secondary N) is 1. The van der Waals surface area contributed by atoms with Crippen LogP contribution in [0.25, 0.3) is 0 Å². The topological polar surface area (TPSA) is 71.5 Å². The van der Waals surface area contributed by atoms with Crippen molar-refractivity contribution in [2.45, 2.75) is 19.4 Å². The summed E-state index contributed by atoms with van der Waals surface area (Å²) in [5.41, 5.74) is 0.201. The average Bonchev–Trinajstić information content (AvgIpc) is 3.12. The Kier molecular flexibility index (Phi) is 4.68. The number of cyclic esters (lactones) is 1. The van der Waals surface area contributed by atoms with Gasteiger partial charge in [-0.05, 0) is 24.6 Å². The maximum Gasteiger partial charge on any atom is 0.414 e. The van der Waals surface area contributed by atoms with Crippen molar-refractivity contribution in [1.82, 2.24) is 4.98 Å². The first-order chi connectivity index (χ1) is 11.5. The Hall–Kier alpha value is -2.19. The van der Waals surface area contributed by atoms with Crippen LogP contribution in [0, 0.1) is 5.82 Å². The molecule has 0 saturated carbocycles. The van der Waals surface area contributed by atoms with Crippen LogP contribution in [0.4, 0.5) is 20.0 Å². The monoisotopic (exact) mass is 369 g/mol. The number of aromatic nitrogens is 1. The Labute approximate surface area is 146 Å². The first-order valence-electron chi connectivity index (χ1n) is 7.18. The number of carbonyl (C=O) groups is 2. The summed E-state index contributed by atoms with van der Waals surface area (Å²) >= 11 is 6.81. The fourth-order valence-electron chi connectivity index (χ4n) is 2.28. The molecule has 2 aromatic rings. The molecule has 3 rings (SSSR count). The second kappa shape index (κ2) is 6.74. The molecule has 2 heterocycles. The molecular formula is C15H13ClFN3O3S. The summed E-state index contributed by atoms with van der Waals surface area (Å²) in [5, 5.41) is 2.75. The second-order valence-corrected chi connectivity index (χ2v) is 6.77. The number of hydrogen-bond acceptors (Lipinski definition) is 5. The Morgan fingerprint density at radius 1 is 1.58 bits per heavy atom. The Morgan fingerprint density at radius 2 is 2.38 bits per heavy atom. The smallest absolute Gasteiger partial charge is 0.414 e. The van der Waals surface area contributed by atoms with E-state index < -0.39 is 17.8 Å². The van der Waals surface area contributed by atoms with Gasteiger partial charge in [0.2, 0.25) is 0 Å². The van der Waals surface area contributed by atoms with E-state index >= 15 is 0 Å². The summed E-state index contributed by atoms with van der Waals surface area (Å²) in [6.07, 6.45) is 1.35. The Bertz CT molecular complexity index is 798. The zero-order valence-corrected chi connectivity index (χ0v) is 14.2. The van der Waals surface area contributed by atoms with Gasteiger partial charge in [-0.3, -0.25) is 15.0 Å². The maximum absolute atomic E-state index is 14.3. The molecule has 1 saturated heterocycles. The van der Waals surface area contributed by atoms with Gasteiger partial charge in [-0.1, -0.05) is 29.9 Å². The highest BCUT2D eigenvalue weighted by Crippen LogP contribution is 2.26. The van der Waals surface area contributed by atoms with Crippen LogP contribution in [0.5, 0.6) is 0 Å². The first kappa shape index (κ1) is 16.7. The van der Waals surface area contributed by atoms with Gasteiger partial charge in [0.05, 0.1) is 24.0 Å². The van der Waals surface area contributed by atoms with Crippen LogP contribution in [0.1, 0.15) is 23.7 Å². The molecule has 1 aromatic heterocycles. The molecule has 126 valence electrons. The second-order valence-electron chi connectivity index (χ2n) is 5.11. The van der Waals surface area contributed by atoms with E-state index in [1.807, 2.05) is 6.92 Å². The number of benzene rings is 1. The Morgan fingerprint density at radius 3 is 2.96 bits per heavy atom. The third kappa shape index (κ3) is 3.34. The molecule has 9 heteroatoms. The molecule has 6 nitrogen and oxygen atoms in total. The van der Waals surface area contributed by atoms with E-state index in [1.54, 1.807) is 0 Å². The van der Waals surface area contributed by atoms with Gasteiger partial charge < -0.3 is 4.74 Å². The lowest BCUT2D eigenvalue weighted by atomic mass is 10.1. The van der Waals surface area contributed by atoms with Crippen LogP contribution in [0.2, 0.25) is 4.34 Å². The van der Waals surface area contributed by atoms with Crippen LogP contribution < -0.4 is 10.2 Å².